The lowest BCUT2D eigenvalue weighted by Gasteiger charge is -2.02. The van der Waals surface area contributed by atoms with Gasteiger partial charge < -0.3 is 0 Å². The van der Waals surface area contributed by atoms with E-state index in [2.05, 4.69) is 25.9 Å². The molecule has 72 valence electrons. The van der Waals surface area contributed by atoms with Gasteiger partial charge in [0.1, 0.15) is 5.15 Å². The van der Waals surface area contributed by atoms with Crippen molar-refractivity contribution in [2.75, 3.05) is 0 Å². The average Bonchev–Trinajstić information content (AvgIpc) is 2.16. The Hall–Kier alpha value is -0.670. The monoisotopic (exact) mass is 270 g/mol. The highest BCUT2D eigenvalue weighted by Crippen LogP contribution is 2.21. The molecule has 0 bridgehead atoms. The van der Waals surface area contributed by atoms with Gasteiger partial charge in [-0.25, -0.2) is 4.98 Å². The second-order valence-electron chi connectivity index (χ2n) is 2.98. The van der Waals surface area contributed by atoms with E-state index in [1.54, 1.807) is 6.20 Å². The molecule has 0 saturated carbocycles. The Bertz CT molecular complexity index is 485. The first-order valence-corrected chi connectivity index (χ1v) is 5.48. The largest absolute Gasteiger partial charge is 0.253 e. The van der Waals surface area contributed by atoms with Gasteiger partial charge in [-0.15, -0.1) is 0 Å². The molecule has 0 aliphatic carbocycles. The molecule has 2 nitrogen and oxygen atoms in total. The van der Waals surface area contributed by atoms with Gasteiger partial charge in [-0.3, -0.25) is 4.98 Å². The van der Waals surface area contributed by atoms with Crippen LogP contribution in [0.1, 0.15) is 12.5 Å². The van der Waals surface area contributed by atoms with Gasteiger partial charge in [-0.2, -0.15) is 0 Å². The summed E-state index contributed by atoms with van der Waals surface area (Å²) in [4.78, 5) is 8.54. The fourth-order valence-electron chi connectivity index (χ4n) is 1.29. The van der Waals surface area contributed by atoms with E-state index in [4.69, 9.17) is 11.6 Å². The van der Waals surface area contributed by atoms with Crippen molar-refractivity contribution in [3.05, 3.63) is 33.5 Å². The molecule has 2 heterocycles. The van der Waals surface area contributed by atoms with Gasteiger partial charge in [0.2, 0.25) is 0 Å². The summed E-state index contributed by atoms with van der Waals surface area (Å²) in [5.41, 5.74) is 2.74. The van der Waals surface area contributed by atoms with Crippen molar-refractivity contribution in [3.63, 3.8) is 0 Å². The van der Waals surface area contributed by atoms with Crippen LogP contribution < -0.4 is 0 Å². The van der Waals surface area contributed by atoms with Crippen LogP contribution >= 0.6 is 27.5 Å². The molecule has 4 heteroatoms. The molecule has 2 aromatic heterocycles. The van der Waals surface area contributed by atoms with Crippen molar-refractivity contribution in [1.82, 2.24) is 9.97 Å². The van der Waals surface area contributed by atoms with Crippen LogP contribution in [0.25, 0.3) is 11.0 Å². The van der Waals surface area contributed by atoms with Crippen molar-refractivity contribution in [2.45, 2.75) is 13.3 Å². The van der Waals surface area contributed by atoms with E-state index in [0.717, 1.165) is 27.5 Å². The fraction of sp³-hybridized carbons (Fsp3) is 0.200. The summed E-state index contributed by atoms with van der Waals surface area (Å²) in [5, 5.41) is 0.569. The third-order valence-electron chi connectivity index (χ3n) is 2.04. The minimum Gasteiger partial charge on any atom is -0.253 e. The van der Waals surface area contributed by atoms with Crippen molar-refractivity contribution in [3.8, 4) is 0 Å². The van der Waals surface area contributed by atoms with Crippen molar-refractivity contribution < 1.29 is 0 Å². The van der Waals surface area contributed by atoms with Gasteiger partial charge in [-0.1, -0.05) is 18.5 Å². The van der Waals surface area contributed by atoms with E-state index in [1.807, 2.05) is 19.1 Å². The lowest BCUT2D eigenvalue weighted by Crippen LogP contribution is -1.90. The maximum atomic E-state index is 6.00. The minimum absolute atomic E-state index is 0.569. The summed E-state index contributed by atoms with van der Waals surface area (Å²) in [6.45, 7) is 2.05. The molecule has 0 N–H and O–H groups in total. The first kappa shape index (κ1) is 9.87. The van der Waals surface area contributed by atoms with E-state index < -0.39 is 0 Å². The number of pyridine rings is 2. The van der Waals surface area contributed by atoms with Crippen LogP contribution in [-0.2, 0) is 6.42 Å². The molecule has 0 atom stereocenters. The lowest BCUT2D eigenvalue weighted by atomic mass is 10.2. The number of nitrogens with zero attached hydrogens (tertiary/aromatic N) is 2. The average molecular weight is 272 g/mol. The molecule has 0 saturated heterocycles. The Balaban J connectivity index is 2.73. The summed E-state index contributed by atoms with van der Waals surface area (Å²) < 4.78 is 0.915. The van der Waals surface area contributed by atoms with Crippen LogP contribution in [0, 0.1) is 0 Å². The second-order valence-corrected chi connectivity index (χ2v) is 4.26. The number of fused-ring (bicyclic) bond motifs is 1. The first-order chi connectivity index (χ1) is 6.70. The summed E-state index contributed by atoms with van der Waals surface area (Å²) >= 11 is 9.35. The van der Waals surface area contributed by atoms with Crippen LogP contribution in [0.3, 0.4) is 0 Å². The van der Waals surface area contributed by atoms with E-state index in [-0.39, 0.29) is 0 Å². The van der Waals surface area contributed by atoms with E-state index >= 15 is 0 Å². The predicted molar refractivity (Wildman–Crippen MR) is 61.6 cm³/mol. The summed E-state index contributed by atoms with van der Waals surface area (Å²) in [5.74, 6) is 0. The van der Waals surface area contributed by atoms with Gasteiger partial charge in [0.05, 0.1) is 11.0 Å². The summed E-state index contributed by atoms with van der Waals surface area (Å²) in [6, 6.07) is 3.89. The Kier molecular flexibility index (Phi) is 2.70. The van der Waals surface area contributed by atoms with Gasteiger partial charge in [-0.05, 0) is 40.0 Å². The molecule has 0 aliphatic heterocycles. The van der Waals surface area contributed by atoms with Gasteiger partial charge >= 0.3 is 0 Å². The van der Waals surface area contributed by atoms with Crippen LogP contribution in [0.2, 0.25) is 5.15 Å². The SMILES string of the molecule is CCc1cc2ncc(Br)cc2nc1Cl. The molecule has 0 aromatic carbocycles. The third kappa shape index (κ3) is 1.74. The molecule has 0 aliphatic rings. The molecular formula is C10H8BrClN2. The molecule has 0 unspecified atom stereocenters. The van der Waals surface area contributed by atoms with Gasteiger partial charge in [0.15, 0.2) is 0 Å². The molecule has 2 aromatic rings. The number of hydrogen-bond acceptors (Lipinski definition) is 2. The van der Waals surface area contributed by atoms with E-state index in [9.17, 15) is 0 Å². The highest BCUT2D eigenvalue weighted by atomic mass is 79.9. The Morgan fingerprint density at radius 1 is 1.36 bits per heavy atom. The quantitative estimate of drug-likeness (QED) is 0.741. The number of hydrogen-bond donors (Lipinski definition) is 0. The maximum absolute atomic E-state index is 6.00. The van der Waals surface area contributed by atoms with Crippen LogP contribution in [-0.4, -0.2) is 9.97 Å². The fourth-order valence-corrected chi connectivity index (χ4v) is 1.89. The molecule has 0 radical (unpaired) electrons. The number of aryl methyl sites for hydroxylation is 1. The first-order valence-electron chi connectivity index (χ1n) is 4.31. The third-order valence-corrected chi connectivity index (χ3v) is 2.80. The molecule has 0 spiro atoms. The Labute approximate surface area is 95.5 Å². The van der Waals surface area contributed by atoms with Crippen LogP contribution in [0.15, 0.2) is 22.8 Å². The lowest BCUT2D eigenvalue weighted by molar-refractivity contribution is 1.11. The summed E-state index contributed by atoms with van der Waals surface area (Å²) in [6.07, 6.45) is 2.64. The highest BCUT2D eigenvalue weighted by molar-refractivity contribution is 9.10. The number of halogens is 2. The van der Waals surface area contributed by atoms with Crippen molar-refractivity contribution in [2.24, 2.45) is 0 Å². The Morgan fingerprint density at radius 2 is 2.14 bits per heavy atom. The van der Waals surface area contributed by atoms with Gasteiger partial charge in [0, 0.05) is 10.7 Å². The van der Waals surface area contributed by atoms with E-state index in [0.29, 0.717) is 5.15 Å². The zero-order chi connectivity index (χ0) is 10.1. The molecular weight excluding hydrogens is 263 g/mol. The number of aromatic nitrogens is 2. The maximum Gasteiger partial charge on any atom is 0.133 e. The summed E-state index contributed by atoms with van der Waals surface area (Å²) in [7, 11) is 0. The smallest absolute Gasteiger partial charge is 0.133 e. The van der Waals surface area contributed by atoms with Crippen molar-refractivity contribution >= 4 is 38.6 Å². The molecule has 14 heavy (non-hydrogen) atoms. The molecule has 0 fully saturated rings. The molecule has 0 amide bonds. The standard InChI is InChI=1S/C10H8BrClN2/c1-2-6-3-8-9(14-10(6)12)4-7(11)5-13-8/h3-5H,2H2,1H3. The number of rotatable bonds is 1. The van der Waals surface area contributed by atoms with Crippen LogP contribution in [0.5, 0.6) is 0 Å². The Morgan fingerprint density at radius 3 is 2.86 bits per heavy atom. The zero-order valence-corrected chi connectivity index (χ0v) is 9.93. The van der Waals surface area contributed by atoms with Gasteiger partial charge in [0.25, 0.3) is 0 Å². The normalized spacial score (nSPS) is 10.8. The second kappa shape index (κ2) is 3.83. The topological polar surface area (TPSA) is 25.8 Å². The molecule has 2 rings (SSSR count). The predicted octanol–water partition coefficient (Wildman–Crippen LogP) is 3.61. The van der Waals surface area contributed by atoms with Crippen molar-refractivity contribution in [1.29, 1.82) is 0 Å². The highest BCUT2D eigenvalue weighted by Gasteiger charge is 2.04. The van der Waals surface area contributed by atoms with E-state index in [1.165, 1.54) is 0 Å². The zero-order valence-electron chi connectivity index (χ0n) is 7.59. The van der Waals surface area contributed by atoms with Crippen LogP contribution in [0.4, 0.5) is 0 Å². The minimum atomic E-state index is 0.569.